The van der Waals surface area contributed by atoms with Crippen molar-refractivity contribution in [2.45, 2.75) is 19.9 Å². The van der Waals surface area contributed by atoms with E-state index in [2.05, 4.69) is 10.6 Å². The van der Waals surface area contributed by atoms with Crippen LogP contribution in [0.3, 0.4) is 0 Å². The highest BCUT2D eigenvalue weighted by Crippen LogP contribution is 2.44. The van der Waals surface area contributed by atoms with Crippen LogP contribution in [-0.2, 0) is 0 Å². The molecule has 1 heterocycles. The van der Waals surface area contributed by atoms with Gasteiger partial charge in [-0.2, -0.15) is 5.01 Å². The third-order valence-corrected chi connectivity index (χ3v) is 4.27. The zero-order valence-corrected chi connectivity index (χ0v) is 14.7. The maximum absolute atomic E-state index is 12.4. The third-order valence-electron chi connectivity index (χ3n) is 4.10. The van der Waals surface area contributed by atoms with Gasteiger partial charge in [0.15, 0.2) is 0 Å². The number of benzene rings is 2. The lowest BCUT2D eigenvalue weighted by molar-refractivity contribution is 0.199. The van der Waals surface area contributed by atoms with E-state index in [0.717, 1.165) is 33.0 Å². The van der Waals surface area contributed by atoms with Gasteiger partial charge in [0.05, 0.1) is 17.9 Å². The van der Waals surface area contributed by atoms with E-state index in [0.29, 0.717) is 5.75 Å². The maximum Gasteiger partial charge on any atom is 0.341 e. The largest absolute Gasteiger partial charge is 0.456 e. The molecule has 6 nitrogen and oxygen atoms in total. The molecule has 7 heteroatoms. The Balaban J connectivity index is 2.03. The first-order chi connectivity index (χ1) is 12.0. The summed E-state index contributed by atoms with van der Waals surface area (Å²) in [7, 11) is 0. The standard InChI is InChI=1S/C18H18ClN3O3/c1-11-9-12(2)17-14(10-11)16(13-5-3-4-6-15(13)25-17)20-18(23)22(21-24)8-7-19/h3-6,9-10,16H,7-8H2,1-2H3,(H,20,23). The molecule has 1 N–H and O–H groups in total. The second-order valence-corrected chi connectivity index (χ2v) is 6.29. The molecule has 2 amide bonds. The summed E-state index contributed by atoms with van der Waals surface area (Å²) in [6, 6.07) is 10.5. The van der Waals surface area contributed by atoms with Crippen molar-refractivity contribution in [1.29, 1.82) is 0 Å². The lowest BCUT2D eigenvalue weighted by Crippen LogP contribution is -2.40. The van der Waals surface area contributed by atoms with Crippen LogP contribution in [0.5, 0.6) is 11.5 Å². The van der Waals surface area contributed by atoms with Gasteiger partial charge in [-0.1, -0.05) is 29.8 Å². The van der Waals surface area contributed by atoms with Crippen LogP contribution >= 0.6 is 11.6 Å². The topological polar surface area (TPSA) is 71.0 Å². The smallest absolute Gasteiger partial charge is 0.341 e. The number of nitroso groups, excluding NO2 is 1. The number of fused-ring (bicyclic) bond motifs is 2. The van der Waals surface area contributed by atoms with E-state index in [-0.39, 0.29) is 12.4 Å². The van der Waals surface area contributed by atoms with E-state index in [9.17, 15) is 9.70 Å². The molecule has 130 valence electrons. The number of nitrogens with one attached hydrogen (secondary N) is 1. The number of urea groups is 1. The molecular formula is C18H18ClN3O3. The quantitative estimate of drug-likeness (QED) is 0.498. The minimum Gasteiger partial charge on any atom is -0.456 e. The van der Waals surface area contributed by atoms with Crippen LogP contribution < -0.4 is 10.1 Å². The van der Waals surface area contributed by atoms with Crippen LogP contribution in [0.2, 0.25) is 0 Å². The van der Waals surface area contributed by atoms with Gasteiger partial charge < -0.3 is 10.1 Å². The lowest BCUT2D eigenvalue weighted by Gasteiger charge is -2.31. The van der Waals surface area contributed by atoms with E-state index >= 15 is 0 Å². The van der Waals surface area contributed by atoms with E-state index in [1.165, 1.54) is 0 Å². The summed E-state index contributed by atoms with van der Waals surface area (Å²) in [6.45, 7) is 3.99. The summed E-state index contributed by atoms with van der Waals surface area (Å²) in [5.41, 5.74) is 3.71. The Labute approximate surface area is 150 Å². The number of aryl methyl sites for hydroxylation is 2. The molecule has 1 unspecified atom stereocenters. The third kappa shape index (κ3) is 3.30. The average molecular weight is 360 g/mol. The van der Waals surface area contributed by atoms with Crippen molar-refractivity contribution in [3.8, 4) is 11.5 Å². The number of halogens is 1. The zero-order valence-electron chi connectivity index (χ0n) is 14.0. The van der Waals surface area contributed by atoms with Gasteiger partial charge in [0, 0.05) is 17.0 Å². The minimum absolute atomic E-state index is 0.0431. The highest BCUT2D eigenvalue weighted by atomic mass is 35.5. The number of nitrogens with zero attached hydrogens (tertiary/aromatic N) is 2. The molecule has 0 saturated heterocycles. The Morgan fingerprint density at radius 1 is 1.28 bits per heavy atom. The van der Waals surface area contributed by atoms with Crippen LogP contribution in [-0.4, -0.2) is 23.5 Å². The number of carbonyl (C=O) groups excluding carboxylic acids is 1. The SMILES string of the molecule is Cc1cc(C)c2c(c1)C(NC(=O)N(CCCl)N=O)c1ccccc1O2. The fourth-order valence-electron chi connectivity index (χ4n) is 3.04. The molecule has 25 heavy (non-hydrogen) atoms. The zero-order chi connectivity index (χ0) is 18.0. The average Bonchev–Trinajstić information content (AvgIpc) is 2.60. The number of ether oxygens (including phenoxy) is 1. The first-order valence-corrected chi connectivity index (χ1v) is 8.43. The van der Waals surface area contributed by atoms with Gasteiger partial charge in [-0.3, -0.25) is 0 Å². The Morgan fingerprint density at radius 3 is 2.76 bits per heavy atom. The molecule has 1 atom stereocenters. The molecule has 0 aliphatic carbocycles. The van der Waals surface area contributed by atoms with Crippen LogP contribution in [0, 0.1) is 18.8 Å². The van der Waals surface area contributed by atoms with E-state index < -0.39 is 12.1 Å². The summed E-state index contributed by atoms with van der Waals surface area (Å²) in [5, 5.41) is 6.41. The van der Waals surface area contributed by atoms with Crippen molar-refractivity contribution >= 4 is 17.6 Å². The van der Waals surface area contributed by atoms with Gasteiger partial charge in [0.1, 0.15) is 11.5 Å². The number of hydrogen-bond acceptors (Lipinski definition) is 4. The number of amides is 2. The Kier molecular flexibility index (Phi) is 4.90. The fourth-order valence-corrected chi connectivity index (χ4v) is 3.20. The summed E-state index contributed by atoms with van der Waals surface area (Å²) in [6.07, 6.45) is 0. The molecule has 0 saturated carbocycles. The Hall–Kier alpha value is -2.60. The highest BCUT2D eigenvalue weighted by Gasteiger charge is 2.31. The fraction of sp³-hybridized carbons (Fsp3) is 0.278. The predicted molar refractivity (Wildman–Crippen MR) is 96.0 cm³/mol. The van der Waals surface area contributed by atoms with Crippen LogP contribution in [0.25, 0.3) is 0 Å². The van der Waals surface area contributed by atoms with Crippen LogP contribution in [0.15, 0.2) is 41.7 Å². The number of rotatable bonds is 4. The van der Waals surface area contributed by atoms with Crippen molar-refractivity contribution in [3.05, 3.63) is 63.6 Å². The molecule has 2 aromatic carbocycles. The molecule has 2 aromatic rings. The van der Waals surface area contributed by atoms with Crippen molar-refractivity contribution in [1.82, 2.24) is 10.3 Å². The van der Waals surface area contributed by atoms with E-state index in [1.807, 2.05) is 50.2 Å². The first kappa shape index (κ1) is 17.2. The van der Waals surface area contributed by atoms with Crippen LogP contribution in [0.4, 0.5) is 4.79 Å². The van der Waals surface area contributed by atoms with Crippen molar-refractivity contribution < 1.29 is 9.53 Å². The first-order valence-electron chi connectivity index (χ1n) is 7.90. The van der Waals surface area contributed by atoms with E-state index in [4.69, 9.17) is 16.3 Å². The van der Waals surface area contributed by atoms with Crippen LogP contribution in [0.1, 0.15) is 28.3 Å². The van der Waals surface area contributed by atoms with E-state index in [1.54, 1.807) is 0 Å². The Bertz CT molecular complexity index is 825. The summed E-state index contributed by atoms with van der Waals surface area (Å²) < 4.78 is 6.04. The second-order valence-electron chi connectivity index (χ2n) is 5.92. The van der Waals surface area contributed by atoms with Gasteiger partial charge in [-0.25, -0.2) is 4.79 Å². The van der Waals surface area contributed by atoms with Crippen molar-refractivity contribution in [2.24, 2.45) is 5.29 Å². The Morgan fingerprint density at radius 2 is 2.04 bits per heavy atom. The number of carbonyl (C=O) groups is 1. The van der Waals surface area contributed by atoms with Gasteiger partial charge in [-0.05, 0) is 31.5 Å². The summed E-state index contributed by atoms with van der Waals surface area (Å²) in [4.78, 5) is 23.4. The summed E-state index contributed by atoms with van der Waals surface area (Å²) in [5.74, 6) is 1.52. The number of hydrogen-bond donors (Lipinski definition) is 1. The normalized spacial score (nSPS) is 14.8. The molecule has 0 bridgehead atoms. The lowest BCUT2D eigenvalue weighted by atomic mass is 9.91. The van der Waals surface area contributed by atoms with Crippen molar-refractivity contribution in [2.75, 3.05) is 12.4 Å². The van der Waals surface area contributed by atoms with Gasteiger partial charge in [0.2, 0.25) is 0 Å². The van der Waals surface area contributed by atoms with Gasteiger partial charge in [-0.15, -0.1) is 16.5 Å². The molecule has 1 aliphatic rings. The molecular weight excluding hydrogens is 342 g/mol. The van der Waals surface area contributed by atoms with Crippen molar-refractivity contribution in [3.63, 3.8) is 0 Å². The minimum atomic E-state index is -0.595. The molecule has 0 spiro atoms. The summed E-state index contributed by atoms with van der Waals surface area (Å²) >= 11 is 5.63. The second kappa shape index (κ2) is 7.11. The van der Waals surface area contributed by atoms with Gasteiger partial charge >= 0.3 is 6.03 Å². The number of alkyl halides is 1. The maximum atomic E-state index is 12.4. The number of para-hydroxylation sites is 1. The molecule has 3 rings (SSSR count). The highest BCUT2D eigenvalue weighted by molar-refractivity contribution is 6.18. The monoisotopic (exact) mass is 359 g/mol. The molecule has 1 aliphatic heterocycles. The predicted octanol–water partition coefficient (Wildman–Crippen LogP) is 4.43. The van der Waals surface area contributed by atoms with Gasteiger partial charge in [0.25, 0.3) is 0 Å². The molecule has 0 fully saturated rings. The molecule has 0 radical (unpaired) electrons. The molecule has 0 aromatic heterocycles.